The Labute approximate surface area is 121 Å². The Morgan fingerprint density at radius 1 is 1.15 bits per heavy atom. The lowest BCUT2D eigenvalue weighted by atomic mass is 10.2. The minimum Gasteiger partial charge on any atom is -0.395 e. The van der Waals surface area contributed by atoms with Crippen LogP contribution in [0, 0.1) is 0 Å². The van der Waals surface area contributed by atoms with Crippen molar-refractivity contribution in [1.82, 2.24) is 4.31 Å². The molecule has 0 saturated carbocycles. The monoisotopic (exact) mass is 300 g/mol. The van der Waals surface area contributed by atoms with Crippen LogP contribution in [0.3, 0.4) is 0 Å². The molecule has 0 spiro atoms. The number of nitrogens with zero attached hydrogens (tertiary/aromatic N) is 2. The summed E-state index contributed by atoms with van der Waals surface area (Å²) < 4.78 is 26.0. The molecule has 0 aliphatic rings. The van der Waals surface area contributed by atoms with E-state index < -0.39 is 10.0 Å². The Morgan fingerprint density at radius 2 is 1.80 bits per heavy atom. The van der Waals surface area contributed by atoms with Gasteiger partial charge in [0.1, 0.15) is 4.90 Å². The predicted octanol–water partition coefficient (Wildman–Crippen LogP) is 1.54. The number of hydrogen-bond donors (Lipinski definition) is 1. The van der Waals surface area contributed by atoms with Crippen LogP contribution in [0.25, 0.3) is 0 Å². The van der Waals surface area contributed by atoms with E-state index in [1.54, 1.807) is 18.2 Å². The topological polar surface area (TPSA) is 60.9 Å². The molecule has 0 amide bonds. The van der Waals surface area contributed by atoms with Crippen LogP contribution < -0.4 is 4.90 Å². The van der Waals surface area contributed by atoms with Crippen molar-refractivity contribution in [2.75, 3.05) is 38.7 Å². The molecule has 0 fully saturated rings. The van der Waals surface area contributed by atoms with Crippen molar-refractivity contribution in [3.8, 4) is 0 Å². The zero-order valence-corrected chi connectivity index (χ0v) is 13.2. The Balaban J connectivity index is 3.22. The molecule has 0 saturated heterocycles. The van der Waals surface area contributed by atoms with Gasteiger partial charge in [0.25, 0.3) is 0 Å². The Hall–Kier alpha value is -1.11. The van der Waals surface area contributed by atoms with Crippen LogP contribution in [0.5, 0.6) is 0 Å². The van der Waals surface area contributed by atoms with E-state index in [4.69, 9.17) is 0 Å². The zero-order valence-electron chi connectivity index (χ0n) is 12.4. The van der Waals surface area contributed by atoms with Gasteiger partial charge >= 0.3 is 0 Å². The molecule has 1 aromatic carbocycles. The quantitative estimate of drug-likeness (QED) is 0.791. The molecule has 5 nitrogen and oxygen atoms in total. The third kappa shape index (κ3) is 3.94. The first-order chi connectivity index (χ1) is 9.45. The molecule has 1 rings (SSSR count). The van der Waals surface area contributed by atoms with Gasteiger partial charge in [-0.1, -0.05) is 25.5 Å². The van der Waals surface area contributed by atoms with Gasteiger partial charge in [-0.25, -0.2) is 12.7 Å². The van der Waals surface area contributed by atoms with Gasteiger partial charge in [-0.2, -0.15) is 0 Å². The second-order valence-electron chi connectivity index (χ2n) is 4.82. The Bertz CT molecular complexity index is 515. The molecule has 6 heteroatoms. The number of rotatable bonds is 8. The van der Waals surface area contributed by atoms with Crippen LogP contribution in [-0.4, -0.2) is 51.6 Å². The molecule has 0 atom stereocenters. The maximum Gasteiger partial charge on any atom is 0.244 e. The van der Waals surface area contributed by atoms with Gasteiger partial charge in [0.05, 0.1) is 12.3 Å². The molecule has 114 valence electrons. The summed E-state index contributed by atoms with van der Waals surface area (Å²) >= 11 is 0. The van der Waals surface area contributed by atoms with Crippen LogP contribution in [0.1, 0.15) is 19.8 Å². The second kappa shape index (κ2) is 7.61. The molecular formula is C14H24N2O3S. The van der Waals surface area contributed by atoms with Crippen molar-refractivity contribution in [2.24, 2.45) is 0 Å². The van der Waals surface area contributed by atoms with E-state index in [1.807, 2.05) is 11.0 Å². The van der Waals surface area contributed by atoms with E-state index in [1.165, 1.54) is 18.4 Å². The maximum absolute atomic E-state index is 12.4. The summed E-state index contributed by atoms with van der Waals surface area (Å²) in [4.78, 5) is 2.22. The molecule has 1 N–H and O–H groups in total. The number of aliphatic hydroxyl groups excluding tert-OH is 1. The van der Waals surface area contributed by atoms with E-state index in [0.29, 0.717) is 12.2 Å². The highest BCUT2D eigenvalue weighted by Gasteiger charge is 2.23. The number of anilines is 1. The molecule has 0 aliphatic carbocycles. The van der Waals surface area contributed by atoms with Crippen LogP contribution in [0.2, 0.25) is 0 Å². The second-order valence-corrected chi connectivity index (χ2v) is 6.94. The van der Waals surface area contributed by atoms with Crippen LogP contribution >= 0.6 is 0 Å². The Kier molecular flexibility index (Phi) is 6.45. The highest BCUT2D eigenvalue weighted by atomic mass is 32.2. The zero-order chi connectivity index (χ0) is 15.2. The predicted molar refractivity (Wildman–Crippen MR) is 81.5 cm³/mol. The van der Waals surface area contributed by atoms with E-state index in [2.05, 4.69) is 6.92 Å². The highest BCUT2D eigenvalue weighted by Crippen LogP contribution is 2.27. The summed E-state index contributed by atoms with van der Waals surface area (Å²) in [5.74, 6) is 0. The lowest BCUT2D eigenvalue weighted by Crippen LogP contribution is -2.31. The smallest absolute Gasteiger partial charge is 0.244 e. The summed E-state index contributed by atoms with van der Waals surface area (Å²) in [6, 6.07) is 6.94. The minimum absolute atomic E-state index is 0.0000600. The average molecular weight is 300 g/mol. The van der Waals surface area contributed by atoms with Gasteiger partial charge in [0.15, 0.2) is 0 Å². The first kappa shape index (κ1) is 16.9. The van der Waals surface area contributed by atoms with Gasteiger partial charge < -0.3 is 10.0 Å². The molecule has 0 bridgehead atoms. The Morgan fingerprint density at radius 3 is 2.35 bits per heavy atom. The number of hydrogen-bond acceptors (Lipinski definition) is 4. The number of sulfonamides is 1. The van der Waals surface area contributed by atoms with Gasteiger partial charge in [0.2, 0.25) is 10.0 Å². The first-order valence-corrected chi connectivity index (χ1v) is 8.26. The molecule has 0 aromatic heterocycles. The number of benzene rings is 1. The SMILES string of the molecule is CCCCN(CCO)c1ccccc1S(=O)(=O)N(C)C. The molecule has 20 heavy (non-hydrogen) atoms. The van der Waals surface area contributed by atoms with Crippen molar-refractivity contribution in [1.29, 1.82) is 0 Å². The normalized spacial score (nSPS) is 11.8. The van der Waals surface area contributed by atoms with Crippen molar-refractivity contribution in [3.63, 3.8) is 0 Å². The first-order valence-electron chi connectivity index (χ1n) is 6.82. The number of aliphatic hydroxyl groups is 1. The number of unbranched alkanes of at least 4 members (excludes halogenated alkanes) is 1. The van der Waals surface area contributed by atoms with Crippen LogP contribution in [0.15, 0.2) is 29.2 Å². The summed E-state index contributed by atoms with van der Waals surface area (Å²) in [7, 11) is -0.441. The molecular weight excluding hydrogens is 276 g/mol. The van der Waals surface area contributed by atoms with Crippen molar-refractivity contribution < 1.29 is 13.5 Å². The fourth-order valence-electron chi connectivity index (χ4n) is 1.96. The maximum atomic E-state index is 12.4. The summed E-state index contributed by atoms with van der Waals surface area (Å²) in [6.45, 7) is 3.25. The van der Waals surface area contributed by atoms with Crippen LogP contribution in [-0.2, 0) is 10.0 Å². The van der Waals surface area contributed by atoms with Gasteiger partial charge in [-0.15, -0.1) is 0 Å². The largest absolute Gasteiger partial charge is 0.395 e. The molecule has 0 unspecified atom stereocenters. The summed E-state index contributed by atoms with van der Waals surface area (Å²) in [5.41, 5.74) is 0.656. The van der Waals surface area contributed by atoms with Crippen molar-refractivity contribution in [3.05, 3.63) is 24.3 Å². The van der Waals surface area contributed by atoms with Crippen molar-refractivity contribution >= 4 is 15.7 Å². The van der Waals surface area contributed by atoms with Gasteiger partial charge in [-0.05, 0) is 18.6 Å². The van der Waals surface area contributed by atoms with E-state index in [-0.39, 0.29) is 11.5 Å². The van der Waals surface area contributed by atoms with E-state index >= 15 is 0 Å². The number of para-hydroxylation sites is 1. The molecule has 0 radical (unpaired) electrons. The third-order valence-corrected chi connectivity index (χ3v) is 4.98. The summed E-state index contributed by atoms with van der Waals surface area (Å²) in [5, 5.41) is 9.20. The average Bonchev–Trinajstić information content (AvgIpc) is 2.43. The fourth-order valence-corrected chi connectivity index (χ4v) is 3.06. The van der Waals surface area contributed by atoms with E-state index in [0.717, 1.165) is 19.4 Å². The molecule has 0 aliphatic heterocycles. The standard InChI is InChI=1S/C14H24N2O3S/c1-4-5-10-16(11-12-17)13-8-6-7-9-14(13)20(18,19)15(2)3/h6-9,17H,4-5,10-12H2,1-3H3. The van der Waals surface area contributed by atoms with Crippen LogP contribution in [0.4, 0.5) is 5.69 Å². The van der Waals surface area contributed by atoms with Crippen molar-refractivity contribution in [2.45, 2.75) is 24.7 Å². The minimum atomic E-state index is -3.49. The van der Waals surface area contributed by atoms with Gasteiger partial charge in [-0.3, -0.25) is 0 Å². The lowest BCUT2D eigenvalue weighted by Gasteiger charge is -2.27. The highest BCUT2D eigenvalue weighted by molar-refractivity contribution is 7.89. The lowest BCUT2D eigenvalue weighted by molar-refractivity contribution is 0.301. The fraction of sp³-hybridized carbons (Fsp3) is 0.571. The summed E-state index contributed by atoms with van der Waals surface area (Å²) in [6.07, 6.45) is 1.97. The van der Waals surface area contributed by atoms with Gasteiger partial charge in [0, 0.05) is 27.2 Å². The third-order valence-electron chi connectivity index (χ3n) is 3.12. The molecule has 0 heterocycles. The molecule has 1 aromatic rings. The van der Waals surface area contributed by atoms with E-state index in [9.17, 15) is 13.5 Å².